The molecule has 1 aliphatic heterocycles. The van der Waals surface area contributed by atoms with E-state index in [9.17, 15) is 14.6 Å². The molecule has 3 N–H and O–H groups in total. The van der Waals surface area contributed by atoms with Crippen LogP contribution in [0.1, 0.15) is 29.2 Å². The Morgan fingerprint density at radius 2 is 2.00 bits per heavy atom. The molecule has 1 fully saturated rings. The zero-order valence-electron chi connectivity index (χ0n) is 17.0. The van der Waals surface area contributed by atoms with E-state index in [0.29, 0.717) is 17.3 Å². The molecular formula is C24H25ClFN3O2. The minimum Gasteiger partial charge on any atom is -0.396 e. The molecule has 5 nitrogen and oxygen atoms in total. The van der Waals surface area contributed by atoms with Gasteiger partial charge in [-0.1, -0.05) is 35.9 Å². The fourth-order valence-corrected chi connectivity index (χ4v) is 4.24. The molecule has 0 spiro atoms. The molecule has 3 aromatic rings. The first kappa shape index (κ1) is 21.6. The molecule has 162 valence electrons. The third-order valence-corrected chi connectivity index (χ3v) is 5.81. The Kier molecular flexibility index (Phi) is 6.70. The van der Waals surface area contributed by atoms with Crippen molar-refractivity contribution < 1.29 is 14.6 Å². The van der Waals surface area contributed by atoms with E-state index in [4.69, 9.17) is 11.6 Å². The summed E-state index contributed by atoms with van der Waals surface area (Å²) in [6.45, 7) is 1.65. The summed E-state index contributed by atoms with van der Waals surface area (Å²) in [5, 5.41) is 24.3. The smallest absolute Gasteiger partial charge is 0.141 e. The standard InChI is InChI=1S/C24H25ClFN3O2/c25-19-3-1-2-17(13-19)24(31)18-4-6-22(16(12-18)9-11-30)29-10-8-21(15-29)28-23-7-5-20(26)14-27-23/h1-7,12-14,21,24,30-31H,8-11,15H2,(H,27,28)/t21-,24?/m0/s1. The number of hydrogen-bond donors (Lipinski definition) is 3. The monoisotopic (exact) mass is 441 g/mol. The Balaban J connectivity index is 1.51. The lowest BCUT2D eigenvalue weighted by Gasteiger charge is -2.24. The first-order chi connectivity index (χ1) is 15.0. The Labute approximate surface area is 186 Å². The predicted molar refractivity (Wildman–Crippen MR) is 121 cm³/mol. The third-order valence-electron chi connectivity index (χ3n) is 5.57. The number of nitrogens with zero attached hydrogens (tertiary/aromatic N) is 2. The van der Waals surface area contributed by atoms with E-state index >= 15 is 0 Å². The maximum atomic E-state index is 13.1. The van der Waals surface area contributed by atoms with Gasteiger partial charge >= 0.3 is 0 Å². The summed E-state index contributed by atoms with van der Waals surface area (Å²) in [6, 6.07) is 16.3. The minimum atomic E-state index is -0.789. The maximum Gasteiger partial charge on any atom is 0.141 e. The summed E-state index contributed by atoms with van der Waals surface area (Å²) < 4.78 is 13.1. The van der Waals surface area contributed by atoms with Crippen molar-refractivity contribution in [3.05, 3.63) is 88.3 Å². The Hall–Kier alpha value is -2.67. The molecule has 2 atom stereocenters. The van der Waals surface area contributed by atoms with E-state index in [1.807, 2.05) is 30.3 Å². The van der Waals surface area contributed by atoms with E-state index in [-0.39, 0.29) is 18.5 Å². The fourth-order valence-electron chi connectivity index (χ4n) is 4.04. The Bertz CT molecular complexity index is 1030. The van der Waals surface area contributed by atoms with Crippen molar-refractivity contribution in [3.63, 3.8) is 0 Å². The molecule has 1 saturated heterocycles. The number of rotatable bonds is 7. The summed E-state index contributed by atoms with van der Waals surface area (Å²) >= 11 is 6.07. The van der Waals surface area contributed by atoms with Crippen molar-refractivity contribution in [2.75, 3.05) is 29.9 Å². The molecule has 0 saturated carbocycles. The molecule has 1 aliphatic rings. The highest BCUT2D eigenvalue weighted by atomic mass is 35.5. The first-order valence-corrected chi connectivity index (χ1v) is 10.7. The van der Waals surface area contributed by atoms with Crippen LogP contribution >= 0.6 is 11.6 Å². The van der Waals surface area contributed by atoms with Crippen LogP contribution in [0.5, 0.6) is 0 Å². The van der Waals surface area contributed by atoms with E-state index in [0.717, 1.165) is 41.9 Å². The van der Waals surface area contributed by atoms with Crippen molar-refractivity contribution in [1.82, 2.24) is 4.98 Å². The van der Waals surface area contributed by atoms with E-state index < -0.39 is 6.10 Å². The normalized spacial score (nSPS) is 17.0. The van der Waals surface area contributed by atoms with Gasteiger partial charge < -0.3 is 20.4 Å². The van der Waals surface area contributed by atoms with Crippen molar-refractivity contribution >= 4 is 23.1 Å². The highest BCUT2D eigenvalue weighted by Crippen LogP contribution is 2.31. The summed E-state index contributed by atoms with van der Waals surface area (Å²) in [5.74, 6) is 0.302. The van der Waals surface area contributed by atoms with Crippen LogP contribution in [0.4, 0.5) is 15.9 Å². The number of halogens is 2. The number of nitrogens with one attached hydrogen (secondary N) is 1. The quantitative estimate of drug-likeness (QED) is 0.513. The van der Waals surface area contributed by atoms with Gasteiger partial charge in [0.15, 0.2) is 0 Å². The number of benzene rings is 2. The van der Waals surface area contributed by atoms with Gasteiger partial charge in [0.25, 0.3) is 0 Å². The molecule has 7 heteroatoms. The van der Waals surface area contributed by atoms with Gasteiger partial charge in [0, 0.05) is 36.4 Å². The van der Waals surface area contributed by atoms with Crippen LogP contribution in [0.15, 0.2) is 60.8 Å². The highest BCUT2D eigenvalue weighted by Gasteiger charge is 2.25. The van der Waals surface area contributed by atoms with Crippen LogP contribution in [0.2, 0.25) is 5.02 Å². The van der Waals surface area contributed by atoms with Gasteiger partial charge in [-0.05, 0) is 59.9 Å². The number of hydrogen-bond acceptors (Lipinski definition) is 5. The van der Waals surface area contributed by atoms with Crippen LogP contribution in [0.25, 0.3) is 0 Å². The molecule has 2 heterocycles. The van der Waals surface area contributed by atoms with Gasteiger partial charge in [0.1, 0.15) is 17.7 Å². The predicted octanol–water partition coefficient (Wildman–Crippen LogP) is 4.18. The van der Waals surface area contributed by atoms with Gasteiger partial charge in [-0.15, -0.1) is 0 Å². The number of pyridine rings is 1. The second-order valence-corrected chi connectivity index (χ2v) is 8.19. The average molecular weight is 442 g/mol. The second kappa shape index (κ2) is 9.64. The lowest BCUT2D eigenvalue weighted by Crippen LogP contribution is -2.27. The van der Waals surface area contributed by atoms with Crippen LogP contribution < -0.4 is 10.2 Å². The number of anilines is 2. The van der Waals surface area contributed by atoms with Gasteiger partial charge in [0.05, 0.1) is 6.20 Å². The largest absolute Gasteiger partial charge is 0.396 e. The van der Waals surface area contributed by atoms with Gasteiger partial charge in [-0.3, -0.25) is 0 Å². The fraction of sp³-hybridized carbons (Fsp3) is 0.292. The molecule has 0 radical (unpaired) electrons. The average Bonchev–Trinajstić information content (AvgIpc) is 3.23. The minimum absolute atomic E-state index is 0.0265. The van der Waals surface area contributed by atoms with Crippen LogP contribution in [0, 0.1) is 5.82 Å². The van der Waals surface area contributed by atoms with Crippen molar-refractivity contribution in [2.24, 2.45) is 0 Å². The van der Waals surface area contributed by atoms with Crippen LogP contribution in [-0.4, -0.2) is 40.9 Å². The third kappa shape index (κ3) is 5.15. The lowest BCUT2D eigenvalue weighted by atomic mass is 9.97. The van der Waals surface area contributed by atoms with Gasteiger partial charge in [0.2, 0.25) is 0 Å². The molecule has 1 unspecified atom stereocenters. The lowest BCUT2D eigenvalue weighted by molar-refractivity contribution is 0.220. The molecule has 4 rings (SSSR count). The molecule has 1 aromatic heterocycles. The summed E-state index contributed by atoms with van der Waals surface area (Å²) in [5.41, 5.74) is 3.53. The number of aliphatic hydroxyl groups excluding tert-OH is 2. The Morgan fingerprint density at radius 3 is 2.74 bits per heavy atom. The van der Waals surface area contributed by atoms with Crippen molar-refractivity contribution in [2.45, 2.75) is 25.0 Å². The summed E-state index contributed by atoms with van der Waals surface area (Å²) in [7, 11) is 0. The zero-order chi connectivity index (χ0) is 21.8. The second-order valence-electron chi connectivity index (χ2n) is 7.76. The number of aliphatic hydroxyl groups is 2. The summed E-state index contributed by atoms with van der Waals surface area (Å²) in [6.07, 6.45) is 1.84. The van der Waals surface area contributed by atoms with E-state index in [1.165, 1.54) is 12.3 Å². The number of aromatic nitrogens is 1. The van der Waals surface area contributed by atoms with Crippen LogP contribution in [0.3, 0.4) is 0 Å². The zero-order valence-corrected chi connectivity index (χ0v) is 17.8. The topological polar surface area (TPSA) is 68.6 Å². The van der Waals surface area contributed by atoms with Gasteiger partial charge in [-0.25, -0.2) is 9.37 Å². The van der Waals surface area contributed by atoms with Crippen molar-refractivity contribution in [1.29, 1.82) is 0 Å². The molecule has 0 aliphatic carbocycles. The molecule has 31 heavy (non-hydrogen) atoms. The van der Waals surface area contributed by atoms with Gasteiger partial charge in [-0.2, -0.15) is 0 Å². The molecule has 0 bridgehead atoms. The Morgan fingerprint density at radius 1 is 1.16 bits per heavy atom. The molecule has 2 aromatic carbocycles. The van der Waals surface area contributed by atoms with E-state index in [2.05, 4.69) is 15.2 Å². The SMILES string of the molecule is OCCc1cc(C(O)c2cccc(Cl)c2)ccc1N1CC[C@H](Nc2ccc(F)cn2)C1. The van der Waals surface area contributed by atoms with E-state index in [1.54, 1.807) is 18.2 Å². The highest BCUT2D eigenvalue weighted by molar-refractivity contribution is 6.30. The van der Waals surface area contributed by atoms with Crippen LogP contribution in [-0.2, 0) is 6.42 Å². The van der Waals surface area contributed by atoms with Crippen molar-refractivity contribution in [3.8, 4) is 0 Å². The molecular weight excluding hydrogens is 417 g/mol. The maximum absolute atomic E-state index is 13.1. The first-order valence-electron chi connectivity index (χ1n) is 10.3. The molecule has 0 amide bonds. The summed E-state index contributed by atoms with van der Waals surface area (Å²) in [4.78, 5) is 6.34.